The second-order valence-corrected chi connectivity index (χ2v) is 6.38. The molecule has 0 saturated carbocycles. The van der Waals surface area contributed by atoms with Crippen LogP contribution in [-0.4, -0.2) is 18.8 Å². The Morgan fingerprint density at radius 2 is 1.96 bits per heavy atom. The standard InChI is InChI=1S/C21H20N2O3/c1-26-17-10-8-16(9-11-17)23-21(25)19(13-22)20(24)12-15-7-6-14-4-2-3-5-18(14)15/h2-5,8-11,15,19H,6-7,12H2,1H3,(H,23,25)/t15-,19+/m1/s1. The number of hydrogen-bond acceptors (Lipinski definition) is 4. The molecular formula is C21H20N2O3. The fourth-order valence-electron chi connectivity index (χ4n) is 3.38. The molecular weight excluding hydrogens is 328 g/mol. The summed E-state index contributed by atoms with van der Waals surface area (Å²) >= 11 is 0. The minimum Gasteiger partial charge on any atom is -0.497 e. The SMILES string of the molecule is COc1ccc(NC(=O)[C@@H](C#N)C(=O)C[C@H]2CCc3ccccc32)cc1. The highest BCUT2D eigenvalue weighted by atomic mass is 16.5. The van der Waals surface area contributed by atoms with Crippen LogP contribution in [0.1, 0.15) is 29.9 Å². The number of benzene rings is 2. The van der Waals surface area contributed by atoms with Crippen molar-refractivity contribution in [3.05, 3.63) is 59.7 Å². The number of nitrogens with zero attached hydrogens (tertiary/aromatic N) is 1. The van der Waals surface area contributed by atoms with Gasteiger partial charge in [-0.05, 0) is 54.2 Å². The Hall–Kier alpha value is -3.13. The van der Waals surface area contributed by atoms with Gasteiger partial charge in [-0.25, -0.2) is 0 Å². The molecule has 0 heterocycles. The smallest absolute Gasteiger partial charge is 0.249 e. The fraction of sp³-hybridized carbons (Fsp3) is 0.286. The maximum absolute atomic E-state index is 12.6. The van der Waals surface area contributed by atoms with E-state index < -0.39 is 11.8 Å². The molecule has 0 aromatic heterocycles. The molecule has 1 aliphatic carbocycles. The minimum absolute atomic E-state index is 0.0864. The van der Waals surface area contributed by atoms with Crippen LogP contribution in [0.15, 0.2) is 48.5 Å². The van der Waals surface area contributed by atoms with Crippen molar-refractivity contribution in [3.8, 4) is 11.8 Å². The highest BCUT2D eigenvalue weighted by Crippen LogP contribution is 2.36. The summed E-state index contributed by atoms with van der Waals surface area (Å²) in [7, 11) is 1.55. The lowest BCUT2D eigenvalue weighted by Crippen LogP contribution is -2.29. The van der Waals surface area contributed by atoms with E-state index in [1.165, 1.54) is 5.56 Å². The fourth-order valence-corrected chi connectivity index (χ4v) is 3.38. The predicted molar refractivity (Wildman–Crippen MR) is 97.9 cm³/mol. The molecule has 1 aliphatic rings. The molecule has 5 heteroatoms. The maximum atomic E-state index is 12.6. The van der Waals surface area contributed by atoms with E-state index in [2.05, 4.69) is 11.4 Å². The first-order valence-electron chi connectivity index (χ1n) is 8.57. The quantitative estimate of drug-likeness (QED) is 0.811. The van der Waals surface area contributed by atoms with Crippen LogP contribution in [-0.2, 0) is 16.0 Å². The first-order valence-corrected chi connectivity index (χ1v) is 8.57. The Morgan fingerprint density at radius 1 is 1.23 bits per heavy atom. The highest BCUT2D eigenvalue weighted by Gasteiger charge is 2.31. The van der Waals surface area contributed by atoms with Crippen molar-refractivity contribution in [1.82, 2.24) is 0 Å². The molecule has 0 unspecified atom stereocenters. The topological polar surface area (TPSA) is 79.2 Å². The third kappa shape index (κ3) is 3.75. The number of ether oxygens (including phenoxy) is 1. The van der Waals surface area contributed by atoms with Gasteiger partial charge in [0.2, 0.25) is 5.91 Å². The molecule has 5 nitrogen and oxygen atoms in total. The lowest BCUT2D eigenvalue weighted by atomic mass is 9.90. The average Bonchev–Trinajstić information content (AvgIpc) is 3.06. The third-order valence-corrected chi connectivity index (χ3v) is 4.78. The Labute approximate surface area is 152 Å². The molecule has 0 fully saturated rings. The van der Waals surface area contributed by atoms with Crippen LogP contribution in [0.5, 0.6) is 5.75 Å². The molecule has 0 saturated heterocycles. The van der Waals surface area contributed by atoms with Gasteiger partial charge in [-0.3, -0.25) is 9.59 Å². The number of amides is 1. The van der Waals surface area contributed by atoms with Gasteiger partial charge in [0, 0.05) is 12.1 Å². The number of Topliss-reactive ketones (excluding diaryl/α,β-unsaturated/α-hetero) is 1. The largest absolute Gasteiger partial charge is 0.497 e. The Balaban J connectivity index is 1.65. The number of nitrogens with one attached hydrogen (secondary N) is 1. The van der Waals surface area contributed by atoms with Gasteiger partial charge in [-0.1, -0.05) is 24.3 Å². The molecule has 1 amide bonds. The number of aryl methyl sites for hydroxylation is 1. The molecule has 0 bridgehead atoms. The van der Waals surface area contributed by atoms with Crippen LogP contribution in [0, 0.1) is 17.2 Å². The van der Waals surface area contributed by atoms with Crippen LogP contribution in [0.2, 0.25) is 0 Å². The van der Waals surface area contributed by atoms with Crippen LogP contribution in [0.4, 0.5) is 5.69 Å². The summed E-state index contributed by atoms with van der Waals surface area (Å²) in [5, 5.41) is 12.0. The maximum Gasteiger partial charge on any atom is 0.249 e. The van der Waals surface area contributed by atoms with Crippen molar-refractivity contribution >= 4 is 17.4 Å². The van der Waals surface area contributed by atoms with Gasteiger partial charge in [0.25, 0.3) is 0 Å². The van der Waals surface area contributed by atoms with E-state index >= 15 is 0 Å². The van der Waals surface area contributed by atoms with Gasteiger partial charge in [0.15, 0.2) is 11.7 Å². The third-order valence-electron chi connectivity index (χ3n) is 4.78. The molecule has 0 radical (unpaired) electrons. The van der Waals surface area contributed by atoms with Crippen molar-refractivity contribution in [2.24, 2.45) is 5.92 Å². The number of fused-ring (bicyclic) bond motifs is 1. The van der Waals surface area contributed by atoms with Crippen molar-refractivity contribution in [3.63, 3.8) is 0 Å². The monoisotopic (exact) mass is 348 g/mol. The first kappa shape index (κ1) is 17.7. The number of nitriles is 1. The van der Waals surface area contributed by atoms with E-state index in [1.54, 1.807) is 31.4 Å². The summed E-state index contributed by atoms with van der Waals surface area (Å²) < 4.78 is 5.06. The molecule has 1 N–H and O–H groups in total. The number of hydrogen-bond donors (Lipinski definition) is 1. The highest BCUT2D eigenvalue weighted by molar-refractivity contribution is 6.09. The van der Waals surface area contributed by atoms with Crippen molar-refractivity contribution in [2.75, 3.05) is 12.4 Å². The first-order chi connectivity index (χ1) is 12.6. The number of anilines is 1. The molecule has 0 spiro atoms. The number of ketones is 1. The van der Waals surface area contributed by atoms with Crippen LogP contribution in [0.3, 0.4) is 0 Å². The van der Waals surface area contributed by atoms with Crippen molar-refractivity contribution in [2.45, 2.75) is 25.2 Å². The van der Waals surface area contributed by atoms with Crippen LogP contribution < -0.4 is 10.1 Å². The summed E-state index contributed by atoms with van der Waals surface area (Å²) in [5.74, 6) is -1.47. The minimum atomic E-state index is -1.30. The predicted octanol–water partition coefficient (Wildman–Crippen LogP) is 3.46. The summed E-state index contributed by atoms with van der Waals surface area (Å²) in [6.45, 7) is 0. The van der Waals surface area contributed by atoms with Gasteiger partial charge in [0.05, 0.1) is 13.2 Å². The van der Waals surface area contributed by atoms with E-state index in [0.29, 0.717) is 11.4 Å². The summed E-state index contributed by atoms with van der Waals surface area (Å²) in [5.41, 5.74) is 2.93. The number of methoxy groups -OCH3 is 1. The number of rotatable bonds is 6. The molecule has 2 aromatic rings. The van der Waals surface area contributed by atoms with E-state index in [9.17, 15) is 14.9 Å². The molecule has 26 heavy (non-hydrogen) atoms. The molecule has 3 rings (SSSR count). The zero-order valence-corrected chi connectivity index (χ0v) is 14.6. The lowest BCUT2D eigenvalue weighted by Gasteiger charge is -2.14. The zero-order chi connectivity index (χ0) is 18.5. The van der Waals surface area contributed by atoms with Gasteiger partial charge in [-0.2, -0.15) is 5.26 Å². The van der Waals surface area contributed by atoms with Crippen LogP contribution >= 0.6 is 0 Å². The van der Waals surface area contributed by atoms with E-state index in [4.69, 9.17) is 4.74 Å². The summed E-state index contributed by atoms with van der Waals surface area (Å²) in [6.07, 6.45) is 2.03. The molecule has 2 atom stereocenters. The van der Waals surface area contributed by atoms with Crippen molar-refractivity contribution < 1.29 is 14.3 Å². The Morgan fingerprint density at radius 3 is 2.65 bits per heavy atom. The van der Waals surface area contributed by atoms with Crippen LogP contribution in [0.25, 0.3) is 0 Å². The van der Waals surface area contributed by atoms with Gasteiger partial charge in [-0.15, -0.1) is 0 Å². The molecule has 132 valence electrons. The van der Waals surface area contributed by atoms with E-state index in [1.807, 2.05) is 24.3 Å². The normalized spacial score (nSPS) is 16.2. The van der Waals surface area contributed by atoms with E-state index in [-0.39, 0.29) is 18.1 Å². The van der Waals surface area contributed by atoms with E-state index in [0.717, 1.165) is 18.4 Å². The Bertz CT molecular complexity index is 852. The second-order valence-electron chi connectivity index (χ2n) is 6.38. The van der Waals surface area contributed by atoms with Gasteiger partial charge in [0.1, 0.15) is 5.75 Å². The van der Waals surface area contributed by atoms with Crippen molar-refractivity contribution in [1.29, 1.82) is 5.26 Å². The lowest BCUT2D eigenvalue weighted by molar-refractivity contribution is -0.129. The van der Waals surface area contributed by atoms with Gasteiger partial charge < -0.3 is 10.1 Å². The van der Waals surface area contributed by atoms with Gasteiger partial charge >= 0.3 is 0 Å². The molecule has 2 aromatic carbocycles. The average molecular weight is 348 g/mol. The number of carbonyl (C=O) groups excluding carboxylic acids is 2. The zero-order valence-electron chi connectivity index (χ0n) is 14.6. The number of carbonyl (C=O) groups is 2. The summed E-state index contributed by atoms with van der Waals surface area (Å²) in [6, 6.07) is 16.6. The summed E-state index contributed by atoms with van der Waals surface area (Å²) in [4.78, 5) is 24.9. The second kappa shape index (κ2) is 7.83. The molecule has 0 aliphatic heterocycles. The Kier molecular flexibility index (Phi) is 5.33.